The number of halogens is 3. The van der Waals surface area contributed by atoms with Crippen LogP contribution in [0.2, 0.25) is 0 Å². The number of carbonyl (C=O) groups excluding carboxylic acids is 1. The number of nitrogens with zero attached hydrogens (tertiary/aromatic N) is 1. The van der Waals surface area contributed by atoms with Crippen molar-refractivity contribution in [3.8, 4) is 5.75 Å². The van der Waals surface area contributed by atoms with Gasteiger partial charge in [-0.05, 0) is 24.6 Å². The first-order valence-corrected chi connectivity index (χ1v) is 6.19. The van der Waals surface area contributed by atoms with Crippen LogP contribution in [0.1, 0.15) is 12.0 Å². The van der Waals surface area contributed by atoms with Crippen molar-refractivity contribution >= 4 is 5.91 Å². The maximum absolute atomic E-state index is 12.5. The third-order valence-electron chi connectivity index (χ3n) is 3.10. The van der Waals surface area contributed by atoms with Crippen LogP contribution in [0.25, 0.3) is 0 Å². The summed E-state index contributed by atoms with van der Waals surface area (Å²) in [6.07, 6.45) is -3.69. The normalized spacial score (nSPS) is 19.2. The van der Waals surface area contributed by atoms with Crippen LogP contribution >= 0.6 is 0 Å². The fraction of sp³-hybridized carbons (Fsp3) is 0.462. The van der Waals surface area contributed by atoms with Gasteiger partial charge in [0.1, 0.15) is 5.75 Å². The number of rotatable bonds is 3. The second kappa shape index (κ2) is 5.70. The van der Waals surface area contributed by atoms with E-state index >= 15 is 0 Å². The van der Waals surface area contributed by atoms with E-state index in [2.05, 4.69) is 0 Å². The summed E-state index contributed by atoms with van der Waals surface area (Å²) in [6, 6.07) is 4.43. The molecule has 1 heterocycles. The molecule has 1 aromatic rings. The van der Waals surface area contributed by atoms with Crippen molar-refractivity contribution < 1.29 is 22.7 Å². The Kier molecular flexibility index (Phi) is 4.17. The van der Waals surface area contributed by atoms with Crippen molar-refractivity contribution in [3.05, 3.63) is 29.8 Å². The Morgan fingerprint density at radius 3 is 2.80 bits per heavy atom. The quantitative estimate of drug-likeness (QED) is 0.920. The summed E-state index contributed by atoms with van der Waals surface area (Å²) < 4.78 is 42.7. The summed E-state index contributed by atoms with van der Waals surface area (Å²) in [5.41, 5.74) is 4.88. The van der Waals surface area contributed by atoms with E-state index in [1.54, 1.807) is 4.90 Å². The highest BCUT2D eigenvalue weighted by Crippen LogP contribution is 2.31. The number of likely N-dealkylation sites (tertiary alicyclic amines) is 1. The molecule has 1 unspecified atom stereocenters. The number of benzene rings is 1. The van der Waals surface area contributed by atoms with E-state index in [1.807, 2.05) is 0 Å². The lowest BCUT2D eigenvalue weighted by atomic mass is 10.2. The molecule has 20 heavy (non-hydrogen) atoms. The Bertz CT molecular complexity index is 491. The molecule has 1 atom stereocenters. The van der Waals surface area contributed by atoms with Crippen LogP contribution in [0, 0.1) is 0 Å². The first-order chi connectivity index (χ1) is 9.36. The highest BCUT2D eigenvalue weighted by molar-refractivity contribution is 5.78. The van der Waals surface area contributed by atoms with Crippen molar-refractivity contribution in [2.24, 2.45) is 5.73 Å². The first kappa shape index (κ1) is 14.6. The molecule has 4 nitrogen and oxygen atoms in total. The SMILES string of the molecule is NC1CCN(C(=O)COc2cccc(C(F)(F)F)c2)C1. The molecule has 1 aromatic carbocycles. The summed E-state index contributed by atoms with van der Waals surface area (Å²) in [5, 5.41) is 0. The molecule has 0 saturated carbocycles. The monoisotopic (exact) mass is 288 g/mol. The van der Waals surface area contributed by atoms with Gasteiger partial charge >= 0.3 is 6.18 Å². The minimum absolute atomic E-state index is 0.0247. The van der Waals surface area contributed by atoms with Gasteiger partial charge in [0.25, 0.3) is 5.91 Å². The molecule has 110 valence electrons. The largest absolute Gasteiger partial charge is 0.484 e. The number of nitrogens with two attached hydrogens (primary N) is 1. The van der Waals surface area contributed by atoms with E-state index in [0.29, 0.717) is 13.1 Å². The van der Waals surface area contributed by atoms with Crippen LogP contribution in [0.15, 0.2) is 24.3 Å². The molecular weight excluding hydrogens is 273 g/mol. The maximum atomic E-state index is 12.5. The van der Waals surface area contributed by atoms with Gasteiger partial charge in [-0.15, -0.1) is 0 Å². The van der Waals surface area contributed by atoms with Gasteiger partial charge in [-0.25, -0.2) is 0 Å². The van der Waals surface area contributed by atoms with Gasteiger partial charge in [0.15, 0.2) is 6.61 Å². The lowest BCUT2D eigenvalue weighted by Crippen LogP contribution is -2.35. The molecule has 0 spiro atoms. The average molecular weight is 288 g/mol. The van der Waals surface area contributed by atoms with Gasteiger partial charge in [-0.3, -0.25) is 4.79 Å². The van der Waals surface area contributed by atoms with Gasteiger partial charge < -0.3 is 15.4 Å². The molecule has 2 rings (SSSR count). The molecular formula is C13H15F3N2O2. The molecule has 7 heteroatoms. The third kappa shape index (κ3) is 3.63. The zero-order valence-electron chi connectivity index (χ0n) is 10.7. The molecule has 1 fully saturated rings. The molecule has 1 aliphatic heterocycles. The second-order valence-electron chi connectivity index (χ2n) is 4.70. The molecule has 0 aliphatic carbocycles. The van der Waals surface area contributed by atoms with E-state index in [4.69, 9.17) is 10.5 Å². The van der Waals surface area contributed by atoms with Crippen LogP contribution in [-0.4, -0.2) is 36.5 Å². The van der Waals surface area contributed by atoms with E-state index in [9.17, 15) is 18.0 Å². The zero-order chi connectivity index (χ0) is 14.8. The Morgan fingerprint density at radius 2 is 2.20 bits per heavy atom. The Balaban J connectivity index is 1.92. The molecule has 1 saturated heterocycles. The highest BCUT2D eigenvalue weighted by atomic mass is 19.4. The topological polar surface area (TPSA) is 55.6 Å². The average Bonchev–Trinajstić information content (AvgIpc) is 2.82. The van der Waals surface area contributed by atoms with E-state index < -0.39 is 11.7 Å². The minimum atomic E-state index is -4.43. The number of amides is 1. The fourth-order valence-electron chi connectivity index (χ4n) is 2.01. The molecule has 1 amide bonds. The number of hydrogen-bond acceptors (Lipinski definition) is 3. The van der Waals surface area contributed by atoms with Gasteiger partial charge in [0, 0.05) is 19.1 Å². The predicted octanol–water partition coefficient (Wildman–Crippen LogP) is 1.64. The minimum Gasteiger partial charge on any atom is -0.484 e. The number of ether oxygens (including phenoxy) is 1. The zero-order valence-corrected chi connectivity index (χ0v) is 10.7. The summed E-state index contributed by atoms with van der Waals surface area (Å²) in [7, 11) is 0. The molecule has 0 bridgehead atoms. The van der Waals surface area contributed by atoms with Gasteiger partial charge in [-0.2, -0.15) is 13.2 Å². The number of alkyl halides is 3. The third-order valence-corrected chi connectivity index (χ3v) is 3.10. The lowest BCUT2D eigenvalue weighted by molar-refractivity contribution is -0.137. The van der Waals surface area contributed by atoms with Crippen molar-refractivity contribution in [2.45, 2.75) is 18.6 Å². The van der Waals surface area contributed by atoms with Crippen LogP contribution in [0.3, 0.4) is 0 Å². The van der Waals surface area contributed by atoms with Gasteiger partial charge in [0.2, 0.25) is 0 Å². The van der Waals surface area contributed by atoms with Crippen molar-refractivity contribution in [1.29, 1.82) is 0 Å². The first-order valence-electron chi connectivity index (χ1n) is 6.19. The van der Waals surface area contributed by atoms with E-state index in [1.165, 1.54) is 12.1 Å². The van der Waals surface area contributed by atoms with E-state index in [0.717, 1.165) is 18.6 Å². The second-order valence-corrected chi connectivity index (χ2v) is 4.70. The summed E-state index contributed by atoms with van der Waals surface area (Å²) in [6.45, 7) is 0.741. The molecule has 2 N–H and O–H groups in total. The Morgan fingerprint density at radius 1 is 1.45 bits per heavy atom. The standard InChI is InChI=1S/C13H15F3N2O2/c14-13(15,16)9-2-1-3-11(6-9)20-8-12(19)18-5-4-10(17)7-18/h1-3,6,10H,4-5,7-8,17H2. The molecule has 0 aromatic heterocycles. The van der Waals surface area contributed by atoms with Crippen LogP contribution in [0.4, 0.5) is 13.2 Å². The predicted molar refractivity (Wildman–Crippen MR) is 66.1 cm³/mol. The van der Waals surface area contributed by atoms with Gasteiger partial charge in [-0.1, -0.05) is 6.07 Å². The number of carbonyl (C=O) groups is 1. The van der Waals surface area contributed by atoms with E-state index in [-0.39, 0.29) is 24.3 Å². The number of hydrogen-bond donors (Lipinski definition) is 1. The highest BCUT2D eigenvalue weighted by Gasteiger charge is 2.30. The van der Waals surface area contributed by atoms with Crippen molar-refractivity contribution in [1.82, 2.24) is 4.90 Å². The van der Waals surface area contributed by atoms with Crippen molar-refractivity contribution in [2.75, 3.05) is 19.7 Å². The molecule has 1 aliphatic rings. The Labute approximate surface area is 114 Å². The Hall–Kier alpha value is -1.76. The maximum Gasteiger partial charge on any atom is 0.416 e. The van der Waals surface area contributed by atoms with Gasteiger partial charge in [0.05, 0.1) is 5.56 Å². The van der Waals surface area contributed by atoms with Crippen LogP contribution < -0.4 is 10.5 Å². The summed E-state index contributed by atoms with van der Waals surface area (Å²) in [4.78, 5) is 13.3. The van der Waals surface area contributed by atoms with Crippen LogP contribution in [0.5, 0.6) is 5.75 Å². The fourth-order valence-corrected chi connectivity index (χ4v) is 2.01. The van der Waals surface area contributed by atoms with Crippen molar-refractivity contribution in [3.63, 3.8) is 0 Å². The molecule has 0 radical (unpaired) electrons. The summed E-state index contributed by atoms with van der Waals surface area (Å²) >= 11 is 0. The summed E-state index contributed by atoms with van der Waals surface area (Å²) in [5.74, 6) is -0.243. The lowest BCUT2D eigenvalue weighted by Gasteiger charge is -2.16. The van der Waals surface area contributed by atoms with Crippen LogP contribution in [-0.2, 0) is 11.0 Å². The smallest absolute Gasteiger partial charge is 0.416 e.